The molecular weight excluding hydrogens is 206 g/mol. The average Bonchev–Trinajstić information content (AvgIpc) is 2.66. The number of hydrogen-bond donors (Lipinski definition) is 1. The number of rotatable bonds is 7. The zero-order chi connectivity index (χ0) is 12.0. The second-order valence-corrected chi connectivity index (χ2v) is 3.81. The molecule has 1 aromatic heterocycles. The maximum Gasteiger partial charge on any atom is 0.171 e. The monoisotopic (exact) mass is 227 g/mol. The fraction of sp³-hybridized carbons (Fsp3) is 0.727. The molecule has 1 aromatic rings. The Hall–Kier alpha value is -0.910. The molecule has 16 heavy (non-hydrogen) atoms. The molecule has 1 unspecified atom stereocenters. The molecule has 0 amide bonds. The van der Waals surface area contributed by atoms with Gasteiger partial charge in [-0.2, -0.15) is 5.10 Å². The van der Waals surface area contributed by atoms with Gasteiger partial charge in [0.05, 0.1) is 11.7 Å². The Morgan fingerprint density at radius 1 is 1.44 bits per heavy atom. The van der Waals surface area contributed by atoms with Gasteiger partial charge in [-0.05, 0) is 13.0 Å². The Morgan fingerprint density at radius 2 is 2.12 bits per heavy atom. The molecule has 5 nitrogen and oxygen atoms in total. The summed E-state index contributed by atoms with van der Waals surface area (Å²) >= 11 is 0. The van der Waals surface area contributed by atoms with Gasteiger partial charge in [-0.3, -0.25) is 4.68 Å². The van der Waals surface area contributed by atoms with Gasteiger partial charge >= 0.3 is 0 Å². The Kier molecular flexibility index (Phi) is 5.45. The van der Waals surface area contributed by atoms with Crippen LogP contribution in [-0.2, 0) is 22.9 Å². The van der Waals surface area contributed by atoms with Crippen LogP contribution in [0.1, 0.15) is 12.6 Å². The normalized spacial score (nSPS) is 13.3. The van der Waals surface area contributed by atoms with Crippen molar-refractivity contribution in [1.82, 2.24) is 15.1 Å². The third-order valence-electron chi connectivity index (χ3n) is 2.49. The van der Waals surface area contributed by atoms with E-state index in [9.17, 15) is 0 Å². The predicted octanol–water partition coefficient (Wildman–Crippen LogP) is 0.560. The maximum absolute atomic E-state index is 5.16. The molecule has 0 spiro atoms. The van der Waals surface area contributed by atoms with E-state index in [1.54, 1.807) is 14.2 Å². The van der Waals surface area contributed by atoms with Gasteiger partial charge < -0.3 is 14.8 Å². The van der Waals surface area contributed by atoms with E-state index in [1.807, 2.05) is 30.9 Å². The lowest BCUT2D eigenvalue weighted by atomic mass is 10.2. The summed E-state index contributed by atoms with van der Waals surface area (Å²) in [7, 11) is 5.21. The summed E-state index contributed by atoms with van der Waals surface area (Å²) in [6.07, 6.45) is 2.65. The van der Waals surface area contributed by atoms with Gasteiger partial charge in [0.2, 0.25) is 0 Å². The number of nitrogens with zero attached hydrogens (tertiary/aromatic N) is 2. The van der Waals surface area contributed by atoms with Crippen molar-refractivity contribution in [3.8, 4) is 0 Å². The van der Waals surface area contributed by atoms with E-state index in [1.165, 1.54) is 0 Å². The molecule has 1 rings (SSSR count). The minimum Gasteiger partial charge on any atom is -0.354 e. The number of methoxy groups -OCH3 is 2. The molecule has 0 aliphatic carbocycles. The molecule has 1 heterocycles. The van der Waals surface area contributed by atoms with E-state index in [2.05, 4.69) is 10.4 Å². The summed E-state index contributed by atoms with van der Waals surface area (Å²) in [5.74, 6) is 0. The van der Waals surface area contributed by atoms with Gasteiger partial charge in [0.25, 0.3) is 0 Å². The van der Waals surface area contributed by atoms with E-state index in [4.69, 9.17) is 9.47 Å². The van der Waals surface area contributed by atoms with Crippen LogP contribution in [0, 0.1) is 0 Å². The molecular formula is C11H21N3O2. The lowest BCUT2D eigenvalue weighted by Crippen LogP contribution is -2.40. The smallest absolute Gasteiger partial charge is 0.171 e. The van der Waals surface area contributed by atoms with Gasteiger partial charge in [0.15, 0.2) is 6.29 Å². The van der Waals surface area contributed by atoms with E-state index in [0.717, 1.165) is 18.7 Å². The van der Waals surface area contributed by atoms with Crippen molar-refractivity contribution >= 4 is 0 Å². The molecule has 0 bridgehead atoms. The second-order valence-electron chi connectivity index (χ2n) is 3.81. The fourth-order valence-corrected chi connectivity index (χ4v) is 1.63. The molecule has 0 fully saturated rings. The Bertz CT molecular complexity index is 297. The molecule has 1 N–H and O–H groups in total. The SMILES string of the molecule is COC(OC)C(C)NCCc1ccn(C)n1. The summed E-state index contributed by atoms with van der Waals surface area (Å²) in [6, 6.07) is 2.19. The zero-order valence-corrected chi connectivity index (χ0v) is 10.4. The van der Waals surface area contributed by atoms with Crippen LogP contribution < -0.4 is 5.32 Å². The summed E-state index contributed by atoms with van der Waals surface area (Å²) in [6.45, 7) is 2.90. The van der Waals surface area contributed by atoms with E-state index in [0.29, 0.717) is 0 Å². The van der Waals surface area contributed by atoms with E-state index in [-0.39, 0.29) is 12.3 Å². The summed E-state index contributed by atoms with van der Waals surface area (Å²) in [5, 5.41) is 7.65. The van der Waals surface area contributed by atoms with Gasteiger partial charge in [0.1, 0.15) is 0 Å². The maximum atomic E-state index is 5.16. The van der Waals surface area contributed by atoms with Crippen molar-refractivity contribution in [2.45, 2.75) is 25.7 Å². The van der Waals surface area contributed by atoms with E-state index < -0.39 is 0 Å². The molecule has 0 aromatic carbocycles. The number of aryl methyl sites for hydroxylation is 1. The Morgan fingerprint density at radius 3 is 2.62 bits per heavy atom. The first-order valence-electron chi connectivity index (χ1n) is 5.45. The standard InChI is InChI=1S/C11H21N3O2/c1-9(11(15-3)16-4)12-7-5-10-6-8-14(2)13-10/h6,8-9,11-12H,5,7H2,1-4H3. The van der Waals surface area contributed by atoms with Crippen LogP contribution in [0.5, 0.6) is 0 Å². The molecule has 0 saturated heterocycles. The highest BCUT2D eigenvalue weighted by molar-refractivity contribution is 4.99. The van der Waals surface area contributed by atoms with E-state index >= 15 is 0 Å². The Balaban J connectivity index is 2.24. The minimum absolute atomic E-state index is 0.165. The minimum atomic E-state index is -0.205. The van der Waals surface area contributed by atoms with Crippen LogP contribution in [0.25, 0.3) is 0 Å². The molecule has 1 atom stereocenters. The second kappa shape index (κ2) is 6.62. The summed E-state index contributed by atoms with van der Waals surface area (Å²) in [4.78, 5) is 0. The van der Waals surface area contributed by atoms with Crippen LogP contribution in [-0.4, -0.2) is 42.9 Å². The highest BCUT2D eigenvalue weighted by Crippen LogP contribution is 1.99. The highest BCUT2D eigenvalue weighted by Gasteiger charge is 2.14. The first-order chi connectivity index (χ1) is 7.67. The third-order valence-corrected chi connectivity index (χ3v) is 2.49. The van der Waals surface area contributed by atoms with Crippen molar-refractivity contribution in [2.75, 3.05) is 20.8 Å². The third kappa shape index (κ3) is 3.92. The summed E-state index contributed by atoms with van der Waals surface area (Å²) in [5.41, 5.74) is 1.09. The number of ether oxygens (including phenoxy) is 2. The largest absolute Gasteiger partial charge is 0.354 e. The predicted molar refractivity (Wildman–Crippen MR) is 62.2 cm³/mol. The van der Waals surface area contributed by atoms with Crippen molar-refractivity contribution in [2.24, 2.45) is 7.05 Å². The molecule has 0 aliphatic rings. The molecule has 0 aliphatic heterocycles. The molecule has 92 valence electrons. The van der Waals surface area contributed by atoms with Crippen LogP contribution in [0.3, 0.4) is 0 Å². The van der Waals surface area contributed by atoms with Gasteiger partial charge in [-0.25, -0.2) is 0 Å². The van der Waals surface area contributed by atoms with Crippen molar-refractivity contribution in [1.29, 1.82) is 0 Å². The quantitative estimate of drug-likeness (QED) is 0.691. The molecule has 0 radical (unpaired) electrons. The van der Waals surface area contributed by atoms with Crippen molar-refractivity contribution in [3.63, 3.8) is 0 Å². The van der Waals surface area contributed by atoms with Gasteiger partial charge in [-0.15, -0.1) is 0 Å². The first kappa shape index (κ1) is 13.2. The Labute approximate surface area is 96.7 Å². The van der Waals surface area contributed by atoms with Crippen molar-refractivity contribution in [3.05, 3.63) is 18.0 Å². The molecule has 0 saturated carbocycles. The topological polar surface area (TPSA) is 48.3 Å². The van der Waals surface area contributed by atoms with Crippen LogP contribution in [0.4, 0.5) is 0 Å². The van der Waals surface area contributed by atoms with Crippen LogP contribution >= 0.6 is 0 Å². The van der Waals surface area contributed by atoms with Crippen molar-refractivity contribution < 1.29 is 9.47 Å². The number of hydrogen-bond acceptors (Lipinski definition) is 4. The van der Waals surface area contributed by atoms with Crippen LogP contribution in [0.15, 0.2) is 12.3 Å². The lowest BCUT2D eigenvalue weighted by molar-refractivity contribution is -0.119. The number of nitrogens with one attached hydrogen (secondary N) is 1. The number of aromatic nitrogens is 2. The highest BCUT2D eigenvalue weighted by atomic mass is 16.7. The summed E-state index contributed by atoms with van der Waals surface area (Å²) < 4.78 is 12.1. The first-order valence-corrected chi connectivity index (χ1v) is 5.45. The average molecular weight is 227 g/mol. The molecule has 5 heteroatoms. The van der Waals surface area contributed by atoms with Crippen LogP contribution in [0.2, 0.25) is 0 Å². The fourth-order valence-electron chi connectivity index (χ4n) is 1.63. The zero-order valence-electron chi connectivity index (χ0n) is 10.4. The van der Waals surface area contributed by atoms with Gasteiger partial charge in [0, 0.05) is 40.4 Å². The lowest BCUT2D eigenvalue weighted by Gasteiger charge is -2.21. The van der Waals surface area contributed by atoms with Gasteiger partial charge in [-0.1, -0.05) is 0 Å².